The third-order valence-electron chi connectivity index (χ3n) is 10.1. The molecule has 1 aromatic heterocycles. The van der Waals surface area contributed by atoms with Crippen LogP contribution in [0.2, 0.25) is 23.2 Å². The van der Waals surface area contributed by atoms with Gasteiger partial charge in [0, 0.05) is 78.9 Å². The maximum atomic E-state index is 16.2. The second kappa shape index (κ2) is 12.2. The summed E-state index contributed by atoms with van der Waals surface area (Å²) in [6.45, 7) is 20.2. The minimum atomic E-state index is -1.81. The lowest BCUT2D eigenvalue weighted by atomic mass is 9.68. The number of aromatic nitrogens is 1. The predicted octanol–water partition coefficient (Wildman–Crippen LogP) is 8.28. The number of nitrogens with one attached hydrogen (secondary N) is 1. The van der Waals surface area contributed by atoms with E-state index in [1.807, 2.05) is 6.20 Å². The molecule has 3 heterocycles. The van der Waals surface area contributed by atoms with Crippen LogP contribution in [0.4, 0.5) is 10.2 Å². The van der Waals surface area contributed by atoms with Gasteiger partial charge in [0.15, 0.2) is 14.1 Å². The topological polar surface area (TPSA) is 70.1 Å². The lowest BCUT2D eigenvalue weighted by Crippen LogP contribution is -2.43. The van der Waals surface area contributed by atoms with E-state index in [4.69, 9.17) is 26.0 Å². The van der Waals surface area contributed by atoms with E-state index in [1.165, 1.54) is 6.07 Å². The summed E-state index contributed by atoms with van der Waals surface area (Å²) in [4.78, 5) is 24.8. The molecule has 1 aromatic carbocycles. The number of hydrogen-bond donors (Lipinski definition) is 1. The molecule has 1 fully saturated rings. The quantitative estimate of drug-likeness (QED) is 0.290. The first-order valence-corrected chi connectivity index (χ1v) is 19.4. The van der Waals surface area contributed by atoms with E-state index in [2.05, 4.69) is 65.1 Å². The Morgan fingerprint density at radius 1 is 1.16 bits per heavy atom. The van der Waals surface area contributed by atoms with Crippen LogP contribution >= 0.6 is 11.6 Å². The molecule has 1 aliphatic carbocycles. The molecule has 0 bridgehead atoms. The Labute approximate surface area is 274 Å². The fourth-order valence-corrected chi connectivity index (χ4v) is 8.18. The van der Waals surface area contributed by atoms with Gasteiger partial charge in [0.25, 0.3) is 5.91 Å². The van der Waals surface area contributed by atoms with Crippen molar-refractivity contribution in [2.45, 2.75) is 90.8 Å². The number of fused-ring (bicyclic) bond motifs is 2. The smallest absolute Gasteiger partial charge is 0.256 e. The third kappa shape index (κ3) is 6.38. The average Bonchev–Trinajstić information content (AvgIpc) is 3.68. The van der Waals surface area contributed by atoms with Gasteiger partial charge in [-0.2, -0.15) is 0 Å². The van der Waals surface area contributed by atoms with Gasteiger partial charge < -0.3 is 14.8 Å². The van der Waals surface area contributed by atoms with Gasteiger partial charge in [0.1, 0.15) is 5.82 Å². The standard InChI is InChI=1S/C35H49ClFN5O2Si/c1-33(2,3)32-35(15-10-11-16-35)27-28(36)26(20-38-30(27)40-32)24-13-12-14-25(29(24)37)31(43)41(7)21-23-19-39-42(22-23)17-18-44-45(8,9)34(4,5)6/h12-14,19-20,39H,10-11,15-18,21-22H2,1-9H3. The zero-order valence-corrected chi connectivity index (χ0v) is 30.2. The fourth-order valence-electron chi connectivity index (χ4n) is 6.73. The van der Waals surface area contributed by atoms with Crippen LogP contribution in [0.15, 0.2) is 41.2 Å². The average molecular weight is 654 g/mol. The number of likely N-dealkylation sites (N-methyl/N-ethyl adjacent to an activating group) is 1. The molecule has 1 N–H and O–H groups in total. The van der Waals surface area contributed by atoms with Crippen LogP contribution in [0.3, 0.4) is 0 Å². The molecule has 45 heavy (non-hydrogen) atoms. The minimum Gasteiger partial charge on any atom is -0.415 e. The summed E-state index contributed by atoms with van der Waals surface area (Å²) in [6, 6.07) is 4.93. The lowest BCUT2D eigenvalue weighted by molar-refractivity contribution is 0.0800. The van der Waals surface area contributed by atoms with Crippen molar-refractivity contribution < 1.29 is 13.6 Å². The second-order valence-electron chi connectivity index (χ2n) is 15.5. The van der Waals surface area contributed by atoms with Crippen LogP contribution in [0, 0.1) is 11.2 Å². The monoisotopic (exact) mass is 653 g/mol. The maximum absolute atomic E-state index is 16.2. The van der Waals surface area contributed by atoms with Crippen molar-refractivity contribution in [3.8, 4) is 11.1 Å². The molecule has 10 heteroatoms. The van der Waals surface area contributed by atoms with Crippen molar-refractivity contribution >= 4 is 37.4 Å². The van der Waals surface area contributed by atoms with Crippen molar-refractivity contribution in [1.29, 1.82) is 0 Å². The van der Waals surface area contributed by atoms with E-state index < -0.39 is 14.1 Å². The first-order valence-electron chi connectivity index (χ1n) is 16.1. The lowest BCUT2D eigenvalue weighted by Gasteiger charge is -2.36. The number of pyridine rings is 1. The van der Waals surface area contributed by atoms with Crippen LogP contribution in [-0.4, -0.2) is 68.1 Å². The highest BCUT2D eigenvalue weighted by molar-refractivity contribution is 6.74. The number of carbonyl (C=O) groups excluding carboxylic acids is 1. The Kier molecular flexibility index (Phi) is 9.16. The van der Waals surface area contributed by atoms with Crippen molar-refractivity contribution in [2.75, 3.05) is 33.3 Å². The Hall–Kier alpha value is -2.59. The number of nitrogens with zero attached hydrogens (tertiary/aromatic N) is 4. The number of hydrogen-bond acceptors (Lipinski definition) is 6. The second-order valence-corrected chi connectivity index (χ2v) is 20.7. The van der Waals surface area contributed by atoms with Crippen LogP contribution in [0.25, 0.3) is 11.1 Å². The normalized spacial score (nSPS) is 18.2. The summed E-state index contributed by atoms with van der Waals surface area (Å²) < 4.78 is 22.5. The molecule has 0 atom stereocenters. The van der Waals surface area contributed by atoms with E-state index in [1.54, 1.807) is 30.3 Å². The first kappa shape index (κ1) is 33.8. The van der Waals surface area contributed by atoms with Gasteiger partial charge >= 0.3 is 0 Å². The van der Waals surface area contributed by atoms with Crippen molar-refractivity contribution in [3.05, 3.63) is 58.1 Å². The summed E-state index contributed by atoms with van der Waals surface area (Å²) in [5, 5.41) is 2.73. The SMILES string of the molecule is CN(CC1=CNN(CCO[Si](C)(C)C(C)(C)C)C1)C(=O)c1cccc(-c2cnc3c(c2Cl)C2(CCCC2)C(C(C)(C)C)=N3)c1F. The molecule has 1 amide bonds. The van der Waals surface area contributed by atoms with E-state index >= 15 is 4.39 Å². The number of carbonyl (C=O) groups is 1. The predicted molar refractivity (Wildman–Crippen MR) is 184 cm³/mol. The highest BCUT2D eigenvalue weighted by Gasteiger charge is 2.51. The summed E-state index contributed by atoms with van der Waals surface area (Å²) in [6.07, 6.45) is 7.62. The van der Waals surface area contributed by atoms with Crippen molar-refractivity contribution in [3.63, 3.8) is 0 Å². The minimum absolute atomic E-state index is 0.0138. The van der Waals surface area contributed by atoms with Gasteiger partial charge in [0.2, 0.25) is 0 Å². The molecule has 2 aliphatic heterocycles. The Balaban J connectivity index is 1.29. The van der Waals surface area contributed by atoms with Crippen LogP contribution in [-0.2, 0) is 9.84 Å². The molecule has 0 saturated heterocycles. The molecule has 7 nitrogen and oxygen atoms in total. The molecule has 244 valence electrons. The van der Waals surface area contributed by atoms with Crippen LogP contribution in [0.1, 0.15) is 83.1 Å². The molecule has 0 unspecified atom stereocenters. The molecule has 1 spiro atoms. The Morgan fingerprint density at radius 3 is 2.49 bits per heavy atom. The summed E-state index contributed by atoms with van der Waals surface area (Å²) >= 11 is 7.15. The molecule has 5 rings (SSSR count). The van der Waals surface area contributed by atoms with Gasteiger partial charge in [-0.1, -0.05) is 78.1 Å². The Morgan fingerprint density at radius 2 is 1.84 bits per heavy atom. The van der Waals surface area contributed by atoms with Gasteiger partial charge in [-0.25, -0.2) is 19.4 Å². The number of benzene rings is 1. The highest BCUT2D eigenvalue weighted by atomic mass is 35.5. The van der Waals surface area contributed by atoms with Crippen molar-refractivity contribution in [2.24, 2.45) is 10.4 Å². The number of aliphatic imine (C=N–C) groups is 1. The number of hydrazine groups is 1. The molecule has 1 saturated carbocycles. The zero-order chi connectivity index (χ0) is 32.9. The molecular weight excluding hydrogens is 605 g/mol. The Bertz CT molecular complexity index is 1540. The van der Waals surface area contributed by atoms with E-state index in [0.29, 0.717) is 36.1 Å². The summed E-state index contributed by atoms with van der Waals surface area (Å²) in [5.74, 6) is -0.329. The largest absolute Gasteiger partial charge is 0.415 e. The molecule has 0 radical (unpaired) electrons. The van der Waals surface area contributed by atoms with Crippen LogP contribution in [0.5, 0.6) is 0 Å². The van der Waals surface area contributed by atoms with E-state index in [-0.39, 0.29) is 32.9 Å². The number of amides is 1. The number of halogens is 2. The van der Waals surface area contributed by atoms with Gasteiger partial charge in [0.05, 0.1) is 10.6 Å². The highest BCUT2D eigenvalue weighted by Crippen LogP contribution is 2.56. The van der Waals surface area contributed by atoms with E-state index in [0.717, 1.165) is 49.1 Å². The van der Waals surface area contributed by atoms with Gasteiger partial charge in [-0.05, 0) is 42.6 Å². The fraction of sp³-hybridized carbons (Fsp3) is 0.571. The number of rotatable bonds is 8. The zero-order valence-electron chi connectivity index (χ0n) is 28.4. The summed E-state index contributed by atoms with van der Waals surface area (Å²) in [7, 11) is -0.107. The first-order chi connectivity index (χ1) is 21.0. The molecule has 2 aromatic rings. The van der Waals surface area contributed by atoms with Gasteiger partial charge in [-0.15, -0.1) is 0 Å². The molecular formula is C35H49ClFN5O2Si. The van der Waals surface area contributed by atoms with Crippen LogP contribution < -0.4 is 5.43 Å². The molecule has 3 aliphatic rings. The third-order valence-corrected chi connectivity index (χ3v) is 15.0. The van der Waals surface area contributed by atoms with E-state index in [9.17, 15) is 4.79 Å². The summed E-state index contributed by atoms with van der Waals surface area (Å²) in [5.41, 5.74) is 6.72. The van der Waals surface area contributed by atoms with Gasteiger partial charge in [-0.3, -0.25) is 4.79 Å². The van der Waals surface area contributed by atoms with Crippen molar-refractivity contribution in [1.82, 2.24) is 20.3 Å². The maximum Gasteiger partial charge on any atom is 0.256 e.